The van der Waals surface area contributed by atoms with Crippen LogP contribution in [0.3, 0.4) is 0 Å². The van der Waals surface area contributed by atoms with E-state index >= 15 is 0 Å². The molecule has 0 radical (unpaired) electrons. The van der Waals surface area contributed by atoms with Gasteiger partial charge < -0.3 is 4.90 Å². The van der Waals surface area contributed by atoms with Crippen molar-refractivity contribution in [3.8, 4) is 11.1 Å². The lowest BCUT2D eigenvalue weighted by atomic mass is 9.95. The topological polar surface area (TPSA) is 111 Å². The summed E-state index contributed by atoms with van der Waals surface area (Å²) < 4.78 is 2.24. The summed E-state index contributed by atoms with van der Waals surface area (Å²) in [5.41, 5.74) is 3.33. The van der Waals surface area contributed by atoms with Crippen LogP contribution in [-0.2, 0) is 22.6 Å². The maximum atomic E-state index is 13.5. The van der Waals surface area contributed by atoms with Crippen molar-refractivity contribution < 1.29 is 14.4 Å². The Kier molecular flexibility index (Phi) is 7.42. The molecule has 194 valence electrons. The SMILES string of the molecule is CC(=O)c1nn(CC(=O)N2CCCC[C@H]2C(=O)Cc2cccc(Br)n2)c2ccc(-c3cnc(C)nc3)cc12. The number of aromatic nitrogens is 5. The molecule has 1 saturated heterocycles. The number of hydrogen-bond acceptors (Lipinski definition) is 7. The van der Waals surface area contributed by atoms with Crippen molar-refractivity contribution in [2.75, 3.05) is 6.54 Å². The van der Waals surface area contributed by atoms with E-state index in [0.29, 0.717) is 45.7 Å². The molecule has 0 unspecified atom stereocenters. The first-order chi connectivity index (χ1) is 18.3. The molecule has 1 amide bonds. The fourth-order valence-corrected chi connectivity index (χ4v) is 5.29. The first kappa shape index (κ1) is 25.8. The van der Waals surface area contributed by atoms with Gasteiger partial charge >= 0.3 is 0 Å². The van der Waals surface area contributed by atoms with Gasteiger partial charge in [-0.1, -0.05) is 12.1 Å². The van der Waals surface area contributed by atoms with Gasteiger partial charge in [0.25, 0.3) is 0 Å². The molecular formula is C28H27BrN6O3. The number of carbonyl (C=O) groups excluding carboxylic acids is 3. The summed E-state index contributed by atoms with van der Waals surface area (Å²) in [4.78, 5) is 53.7. The molecule has 4 heterocycles. The maximum Gasteiger partial charge on any atom is 0.244 e. The van der Waals surface area contributed by atoms with Crippen LogP contribution in [0, 0.1) is 6.92 Å². The van der Waals surface area contributed by atoms with E-state index in [2.05, 4.69) is 36.0 Å². The summed E-state index contributed by atoms with van der Waals surface area (Å²) in [5, 5.41) is 5.17. The van der Waals surface area contributed by atoms with Crippen LogP contribution in [0.1, 0.15) is 48.2 Å². The van der Waals surface area contributed by atoms with Crippen LogP contribution in [0.15, 0.2) is 53.4 Å². The number of carbonyl (C=O) groups is 3. The molecule has 0 spiro atoms. The molecule has 0 bridgehead atoms. The first-order valence-electron chi connectivity index (χ1n) is 12.5. The zero-order chi connectivity index (χ0) is 26.8. The van der Waals surface area contributed by atoms with Crippen molar-refractivity contribution in [3.05, 3.63) is 70.6 Å². The Labute approximate surface area is 228 Å². The minimum absolute atomic E-state index is 0.0247. The number of rotatable bonds is 7. The molecule has 1 fully saturated rings. The molecule has 10 heteroatoms. The van der Waals surface area contributed by atoms with Crippen LogP contribution in [0.5, 0.6) is 0 Å². The van der Waals surface area contributed by atoms with Crippen LogP contribution < -0.4 is 0 Å². The first-order valence-corrected chi connectivity index (χ1v) is 13.3. The fourth-order valence-electron chi connectivity index (χ4n) is 4.91. The minimum atomic E-state index is -0.501. The molecule has 1 aromatic carbocycles. The van der Waals surface area contributed by atoms with Gasteiger partial charge in [-0.2, -0.15) is 5.10 Å². The van der Waals surface area contributed by atoms with Crippen molar-refractivity contribution in [1.82, 2.24) is 29.6 Å². The highest BCUT2D eigenvalue weighted by molar-refractivity contribution is 9.10. The van der Waals surface area contributed by atoms with Gasteiger partial charge in [-0.25, -0.2) is 15.0 Å². The van der Waals surface area contributed by atoms with Gasteiger partial charge in [0.15, 0.2) is 11.6 Å². The van der Waals surface area contributed by atoms with Gasteiger partial charge in [0, 0.05) is 42.5 Å². The highest BCUT2D eigenvalue weighted by Crippen LogP contribution is 2.27. The smallest absolute Gasteiger partial charge is 0.244 e. The van der Waals surface area contributed by atoms with Crippen LogP contribution in [0.25, 0.3) is 22.0 Å². The molecule has 0 saturated carbocycles. The standard InChI is InChI=1S/C28H27BrN6O3/c1-17(36)28-22-12-19(20-14-30-18(2)31-15-20)9-10-23(22)35(33-28)16-27(38)34-11-4-3-7-24(34)25(37)13-21-6-5-8-26(29)32-21/h5-6,8-10,12,14-15,24H,3-4,7,11,13,16H2,1-2H3/t24-/m0/s1. The van der Waals surface area contributed by atoms with E-state index < -0.39 is 6.04 Å². The number of pyridine rings is 1. The molecule has 1 aliphatic heterocycles. The number of amides is 1. The summed E-state index contributed by atoms with van der Waals surface area (Å²) >= 11 is 3.35. The van der Waals surface area contributed by atoms with Crippen LogP contribution in [0.4, 0.5) is 0 Å². The molecule has 9 nitrogen and oxygen atoms in total. The second-order valence-electron chi connectivity index (χ2n) is 9.51. The third kappa shape index (κ3) is 5.40. The predicted molar refractivity (Wildman–Crippen MR) is 146 cm³/mol. The van der Waals surface area contributed by atoms with Gasteiger partial charge in [0.2, 0.25) is 5.91 Å². The van der Waals surface area contributed by atoms with Crippen molar-refractivity contribution >= 4 is 44.3 Å². The molecule has 38 heavy (non-hydrogen) atoms. The highest BCUT2D eigenvalue weighted by Gasteiger charge is 2.32. The Hall–Kier alpha value is -3.79. The molecular weight excluding hydrogens is 548 g/mol. The van der Waals surface area contributed by atoms with E-state index in [9.17, 15) is 14.4 Å². The van der Waals surface area contributed by atoms with E-state index in [4.69, 9.17) is 0 Å². The van der Waals surface area contributed by atoms with Crippen molar-refractivity contribution in [2.24, 2.45) is 0 Å². The summed E-state index contributed by atoms with van der Waals surface area (Å²) in [5.74, 6) is 0.267. The van der Waals surface area contributed by atoms with E-state index in [1.54, 1.807) is 22.0 Å². The number of halogens is 1. The number of likely N-dealkylation sites (tertiary alicyclic amines) is 1. The summed E-state index contributed by atoms with van der Waals surface area (Å²) in [7, 11) is 0. The third-order valence-corrected chi connectivity index (χ3v) is 7.25. The van der Waals surface area contributed by atoms with Crippen molar-refractivity contribution in [2.45, 2.75) is 52.1 Å². The van der Waals surface area contributed by atoms with Crippen LogP contribution in [0.2, 0.25) is 0 Å². The lowest BCUT2D eigenvalue weighted by molar-refractivity contribution is -0.141. The van der Waals surface area contributed by atoms with Crippen molar-refractivity contribution in [1.29, 1.82) is 0 Å². The number of nitrogens with zero attached hydrogens (tertiary/aromatic N) is 6. The lowest BCUT2D eigenvalue weighted by Gasteiger charge is -2.34. The largest absolute Gasteiger partial charge is 0.331 e. The Bertz CT molecular complexity index is 1530. The second kappa shape index (κ2) is 10.9. The molecule has 1 atom stereocenters. The van der Waals surface area contributed by atoms with Crippen LogP contribution >= 0.6 is 15.9 Å². The summed E-state index contributed by atoms with van der Waals surface area (Å²) in [6, 6.07) is 10.6. The van der Waals surface area contributed by atoms with E-state index in [1.807, 2.05) is 43.3 Å². The quantitative estimate of drug-likeness (QED) is 0.238. The molecule has 1 aliphatic rings. The Balaban J connectivity index is 1.40. The van der Waals surface area contributed by atoms with Gasteiger partial charge in [0.1, 0.15) is 22.7 Å². The van der Waals surface area contributed by atoms with Crippen LogP contribution in [-0.4, -0.2) is 59.7 Å². The molecule has 4 aromatic rings. The number of fused-ring (bicyclic) bond motifs is 1. The number of Topliss-reactive ketones (excluding diaryl/α,β-unsaturated/α-hetero) is 2. The Morgan fingerprint density at radius 1 is 1.05 bits per heavy atom. The average Bonchev–Trinajstić information content (AvgIpc) is 3.27. The monoisotopic (exact) mass is 574 g/mol. The van der Waals surface area contributed by atoms with Gasteiger partial charge in [0.05, 0.1) is 18.0 Å². The highest BCUT2D eigenvalue weighted by atomic mass is 79.9. The maximum absolute atomic E-state index is 13.5. The zero-order valence-corrected chi connectivity index (χ0v) is 22.8. The fraction of sp³-hybridized carbons (Fsp3) is 0.321. The number of ketones is 2. The molecule has 3 aromatic heterocycles. The molecule has 5 rings (SSSR count). The number of piperidine rings is 1. The Morgan fingerprint density at radius 2 is 1.84 bits per heavy atom. The van der Waals surface area contributed by atoms with Gasteiger partial charge in [-0.3, -0.25) is 19.1 Å². The van der Waals surface area contributed by atoms with E-state index in [1.165, 1.54) is 6.92 Å². The number of aryl methyl sites for hydroxylation is 1. The third-order valence-electron chi connectivity index (χ3n) is 6.81. The number of benzene rings is 1. The predicted octanol–water partition coefficient (Wildman–Crippen LogP) is 4.35. The van der Waals surface area contributed by atoms with Gasteiger partial charge in [-0.05, 0) is 71.9 Å². The Morgan fingerprint density at radius 3 is 2.58 bits per heavy atom. The van der Waals surface area contributed by atoms with Gasteiger partial charge in [-0.15, -0.1) is 0 Å². The molecule has 0 aliphatic carbocycles. The van der Waals surface area contributed by atoms with E-state index in [-0.39, 0.29) is 30.4 Å². The number of hydrogen-bond donors (Lipinski definition) is 0. The second-order valence-corrected chi connectivity index (χ2v) is 10.3. The normalized spacial score (nSPS) is 15.6. The van der Waals surface area contributed by atoms with Crippen molar-refractivity contribution in [3.63, 3.8) is 0 Å². The average molecular weight is 575 g/mol. The van der Waals surface area contributed by atoms with E-state index in [0.717, 1.165) is 24.0 Å². The summed E-state index contributed by atoms with van der Waals surface area (Å²) in [6.07, 6.45) is 5.99. The summed E-state index contributed by atoms with van der Waals surface area (Å²) in [6.45, 7) is 3.73. The zero-order valence-electron chi connectivity index (χ0n) is 21.2. The molecule has 0 N–H and O–H groups in total. The minimum Gasteiger partial charge on any atom is -0.331 e. The lowest BCUT2D eigenvalue weighted by Crippen LogP contribution is -2.49.